The predicted octanol–water partition coefficient (Wildman–Crippen LogP) is 2.97. The van der Waals surface area contributed by atoms with E-state index in [1.165, 1.54) is 38.6 Å². The Kier molecular flexibility index (Phi) is 6.03. The van der Waals surface area contributed by atoms with Gasteiger partial charge in [0.2, 0.25) is 0 Å². The second-order valence-corrected chi connectivity index (χ2v) is 8.41. The standard InChI is InChI=1S/C20H30ClN5O/c21-18-8-3-9-22-19(18)24-11-13-25(14-12-24)20(27)23-16-5-4-10-26(15-16)17-6-1-2-7-17/h3,8-9,16-17H,1-2,4-7,10-15H2,(H,23,27). The Morgan fingerprint density at radius 2 is 1.85 bits per heavy atom. The molecule has 1 unspecified atom stereocenters. The Bertz CT molecular complexity index is 643. The number of carbonyl (C=O) groups is 1. The number of nitrogens with one attached hydrogen (secondary N) is 1. The Balaban J connectivity index is 1.26. The normalized spacial score (nSPS) is 25.0. The monoisotopic (exact) mass is 391 g/mol. The number of piperidine rings is 1. The van der Waals surface area contributed by atoms with E-state index in [-0.39, 0.29) is 12.1 Å². The fourth-order valence-corrected chi connectivity index (χ4v) is 4.96. The molecule has 3 heterocycles. The van der Waals surface area contributed by atoms with Gasteiger partial charge < -0.3 is 15.1 Å². The van der Waals surface area contributed by atoms with Crippen molar-refractivity contribution in [3.8, 4) is 0 Å². The molecule has 1 aliphatic carbocycles. The first kappa shape index (κ1) is 18.8. The number of pyridine rings is 1. The topological polar surface area (TPSA) is 51.7 Å². The molecule has 1 aromatic rings. The smallest absolute Gasteiger partial charge is 0.317 e. The van der Waals surface area contributed by atoms with E-state index in [4.69, 9.17) is 11.6 Å². The lowest BCUT2D eigenvalue weighted by atomic mass is 10.0. The molecule has 0 spiro atoms. The first-order valence-electron chi connectivity index (χ1n) is 10.4. The molecule has 7 heteroatoms. The quantitative estimate of drug-likeness (QED) is 0.860. The largest absolute Gasteiger partial charge is 0.352 e. The molecular weight excluding hydrogens is 362 g/mol. The highest BCUT2D eigenvalue weighted by atomic mass is 35.5. The maximum absolute atomic E-state index is 12.7. The van der Waals surface area contributed by atoms with Crippen LogP contribution in [0, 0.1) is 0 Å². The van der Waals surface area contributed by atoms with Crippen LogP contribution in [0.2, 0.25) is 5.02 Å². The van der Waals surface area contributed by atoms with E-state index in [2.05, 4.69) is 20.1 Å². The van der Waals surface area contributed by atoms with Crippen LogP contribution in [0.15, 0.2) is 18.3 Å². The molecule has 6 nitrogen and oxygen atoms in total. The molecule has 4 rings (SSSR count). The van der Waals surface area contributed by atoms with Crippen LogP contribution in [0.1, 0.15) is 38.5 Å². The number of likely N-dealkylation sites (tertiary alicyclic amines) is 1. The number of carbonyl (C=O) groups excluding carboxylic acids is 1. The van der Waals surface area contributed by atoms with E-state index in [0.29, 0.717) is 18.1 Å². The first-order chi connectivity index (χ1) is 13.2. The van der Waals surface area contributed by atoms with Crippen molar-refractivity contribution in [2.24, 2.45) is 0 Å². The number of piperazine rings is 1. The average molecular weight is 392 g/mol. The molecule has 1 atom stereocenters. The molecule has 3 fully saturated rings. The zero-order chi connectivity index (χ0) is 18.6. The van der Waals surface area contributed by atoms with E-state index in [1.807, 2.05) is 17.0 Å². The SMILES string of the molecule is O=C(NC1CCCN(C2CCCC2)C1)N1CCN(c2ncccc2Cl)CC1. The highest BCUT2D eigenvalue weighted by Gasteiger charge is 2.30. The number of anilines is 1. The van der Waals surface area contributed by atoms with Crippen molar-refractivity contribution in [3.63, 3.8) is 0 Å². The molecule has 0 radical (unpaired) electrons. The highest BCUT2D eigenvalue weighted by molar-refractivity contribution is 6.32. The van der Waals surface area contributed by atoms with Crippen LogP contribution in [0.25, 0.3) is 0 Å². The molecule has 2 saturated heterocycles. The van der Waals surface area contributed by atoms with Crippen molar-refractivity contribution in [1.82, 2.24) is 20.1 Å². The number of amides is 2. The van der Waals surface area contributed by atoms with Crippen LogP contribution in [-0.4, -0.2) is 72.2 Å². The van der Waals surface area contributed by atoms with Crippen LogP contribution >= 0.6 is 11.6 Å². The summed E-state index contributed by atoms with van der Waals surface area (Å²) in [7, 11) is 0. The summed E-state index contributed by atoms with van der Waals surface area (Å²) in [5.74, 6) is 0.818. The Labute approximate surface area is 166 Å². The predicted molar refractivity (Wildman–Crippen MR) is 108 cm³/mol. The van der Waals surface area contributed by atoms with Crippen LogP contribution in [-0.2, 0) is 0 Å². The Morgan fingerprint density at radius 3 is 2.59 bits per heavy atom. The molecule has 3 aliphatic rings. The lowest BCUT2D eigenvalue weighted by Gasteiger charge is -2.39. The third-order valence-electron chi connectivity index (χ3n) is 6.23. The number of rotatable bonds is 3. The van der Waals surface area contributed by atoms with Crippen molar-refractivity contribution in [3.05, 3.63) is 23.4 Å². The maximum Gasteiger partial charge on any atom is 0.317 e. The van der Waals surface area contributed by atoms with E-state index in [9.17, 15) is 4.79 Å². The van der Waals surface area contributed by atoms with Crippen LogP contribution in [0.5, 0.6) is 0 Å². The maximum atomic E-state index is 12.7. The Morgan fingerprint density at radius 1 is 1.07 bits per heavy atom. The third-order valence-corrected chi connectivity index (χ3v) is 6.52. The molecule has 27 heavy (non-hydrogen) atoms. The van der Waals surface area contributed by atoms with Gasteiger partial charge in [0.25, 0.3) is 0 Å². The van der Waals surface area contributed by atoms with Gasteiger partial charge in [-0.05, 0) is 44.4 Å². The van der Waals surface area contributed by atoms with Gasteiger partial charge in [-0.15, -0.1) is 0 Å². The number of urea groups is 1. The van der Waals surface area contributed by atoms with Crippen molar-refractivity contribution in [1.29, 1.82) is 0 Å². The summed E-state index contributed by atoms with van der Waals surface area (Å²) in [6.45, 7) is 5.15. The summed E-state index contributed by atoms with van der Waals surface area (Å²) < 4.78 is 0. The lowest BCUT2D eigenvalue weighted by molar-refractivity contribution is 0.133. The summed E-state index contributed by atoms with van der Waals surface area (Å²) in [6.07, 6.45) is 9.44. The van der Waals surface area contributed by atoms with Gasteiger partial charge in [-0.1, -0.05) is 24.4 Å². The van der Waals surface area contributed by atoms with Gasteiger partial charge in [0.05, 0.1) is 5.02 Å². The summed E-state index contributed by atoms with van der Waals surface area (Å²) in [6, 6.07) is 4.82. The van der Waals surface area contributed by atoms with E-state index in [0.717, 1.165) is 37.9 Å². The minimum absolute atomic E-state index is 0.0834. The Hall–Kier alpha value is -1.53. The summed E-state index contributed by atoms with van der Waals surface area (Å²) in [4.78, 5) is 23.8. The van der Waals surface area contributed by atoms with Gasteiger partial charge in [-0.25, -0.2) is 9.78 Å². The van der Waals surface area contributed by atoms with Crippen molar-refractivity contribution in [2.45, 2.75) is 50.6 Å². The highest BCUT2D eigenvalue weighted by Crippen LogP contribution is 2.26. The minimum Gasteiger partial charge on any atom is -0.352 e. The fraction of sp³-hybridized carbons (Fsp3) is 0.700. The van der Waals surface area contributed by atoms with E-state index in [1.54, 1.807) is 6.20 Å². The lowest BCUT2D eigenvalue weighted by Crippen LogP contribution is -2.56. The third kappa shape index (κ3) is 4.49. The number of hydrogen-bond donors (Lipinski definition) is 1. The summed E-state index contributed by atoms with van der Waals surface area (Å²) in [5.41, 5.74) is 0. The van der Waals surface area contributed by atoms with Gasteiger partial charge in [0.1, 0.15) is 5.82 Å². The molecule has 2 amide bonds. The second kappa shape index (κ2) is 8.65. The minimum atomic E-state index is 0.0834. The van der Waals surface area contributed by atoms with Crippen LogP contribution in [0.3, 0.4) is 0 Å². The van der Waals surface area contributed by atoms with Gasteiger partial charge in [0.15, 0.2) is 0 Å². The zero-order valence-electron chi connectivity index (χ0n) is 15.9. The van der Waals surface area contributed by atoms with Crippen LogP contribution < -0.4 is 10.2 Å². The molecule has 0 bridgehead atoms. The van der Waals surface area contributed by atoms with Gasteiger partial charge in [-0.2, -0.15) is 0 Å². The first-order valence-corrected chi connectivity index (χ1v) is 10.7. The summed E-state index contributed by atoms with van der Waals surface area (Å²) >= 11 is 6.25. The van der Waals surface area contributed by atoms with Crippen molar-refractivity contribution >= 4 is 23.4 Å². The molecule has 1 aromatic heterocycles. The second-order valence-electron chi connectivity index (χ2n) is 8.00. The average Bonchev–Trinajstić information content (AvgIpc) is 3.24. The summed E-state index contributed by atoms with van der Waals surface area (Å²) in [5, 5.41) is 3.96. The van der Waals surface area contributed by atoms with Gasteiger partial charge in [-0.3, -0.25) is 4.90 Å². The molecule has 2 aliphatic heterocycles. The zero-order valence-corrected chi connectivity index (χ0v) is 16.7. The van der Waals surface area contributed by atoms with Gasteiger partial charge >= 0.3 is 6.03 Å². The molecule has 1 saturated carbocycles. The number of nitrogens with zero attached hydrogens (tertiary/aromatic N) is 4. The molecule has 0 aromatic carbocycles. The van der Waals surface area contributed by atoms with E-state index < -0.39 is 0 Å². The van der Waals surface area contributed by atoms with Gasteiger partial charge in [0, 0.05) is 51.0 Å². The van der Waals surface area contributed by atoms with E-state index >= 15 is 0 Å². The fourth-order valence-electron chi connectivity index (χ4n) is 4.72. The molecular formula is C20H30ClN5O. The molecule has 148 valence electrons. The molecule has 1 N–H and O–H groups in total. The van der Waals surface area contributed by atoms with Crippen molar-refractivity contribution in [2.75, 3.05) is 44.2 Å². The number of hydrogen-bond acceptors (Lipinski definition) is 4. The number of aromatic nitrogens is 1. The van der Waals surface area contributed by atoms with Crippen LogP contribution in [0.4, 0.5) is 10.6 Å². The number of halogens is 1. The van der Waals surface area contributed by atoms with Crippen molar-refractivity contribution < 1.29 is 4.79 Å².